The van der Waals surface area contributed by atoms with Crippen LogP contribution in [0.5, 0.6) is 0 Å². The molecule has 3 aliphatic heterocycles. The van der Waals surface area contributed by atoms with E-state index in [-0.39, 0.29) is 23.1 Å². The number of amides is 3. The van der Waals surface area contributed by atoms with Gasteiger partial charge in [0.2, 0.25) is 11.8 Å². The number of carbonyl (C=O) groups excluding carboxylic acids is 3. The second kappa shape index (κ2) is 7.10. The minimum atomic E-state index is -0.612. The summed E-state index contributed by atoms with van der Waals surface area (Å²) >= 11 is 1.63. The molecule has 6 nitrogen and oxygen atoms in total. The van der Waals surface area contributed by atoms with E-state index in [0.29, 0.717) is 5.56 Å². The van der Waals surface area contributed by atoms with Crippen LogP contribution < -0.4 is 5.32 Å². The van der Waals surface area contributed by atoms with Crippen molar-refractivity contribution < 1.29 is 14.4 Å². The lowest BCUT2D eigenvalue weighted by atomic mass is 10.00. The summed E-state index contributed by atoms with van der Waals surface area (Å²) in [4.78, 5) is 42.5. The van der Waals surface area contributed by atoms with Crippen molar-refractivity contribution >= 4 is 29.5 Å². The van der Waals surface area contributed by atoms with E-state index in [4.69, 9.17) is 0 Å². The van der Waals surface area contributed by atoms with Gasteiger partial charge in [-0.15, -0.1) is 11.8 Å². The van der Waals surface area contributed by atoms with E-state index in [1.807, 2.05) is 43.0 Å². The number of nitrogens with zero attached hydrogens (tertiary/aromatic N) is 2. The Balaban J connectivity index is 1.52. The number of carbonyl (C=O) groups is 3. The molecule has 3 heterocycles. The Kier molecular flexibility index (Phi) is 4.89. The standard InChI is InChI=1S/C21H27N3O3S/c1-13(18(26)23-11-7-4-8-12-23)22-17(25)16-21(2,3)28-20-15-10-6-5-9-14(15)19(27)24(16)20/h5-6,9-10,13,16,20H,4,7-8,11-12H2,1-3H3,(H,22,25)/t13-,16+,20+/m0/s1. The molecule has 0 radical (unpaired) electrons. The summed E-state index contributed by atoms with van der Waals surface area (Å²) in [5, 5.41) is 2.75. The van der Waals surface area contributed by atoms with Crippen LogP contribution in [0.25, 0.3) is 0 Å². The Morgan fingerprint density at radius 3 is 2.57 bits per heavy atom. The SMILES string of the molecule is C[C@H](NC(=O)[C@H]1N2C(=O)c3ccccc3[C@H]2SC1(C)C)C(=O)N1CCCCC1. The maximum Gasteiger partial charge on any atom is 0.256 e. The fourth-order valence-corrected chi connectivity index (χ4v) is 6.14. The topological polar surface area (TPSA) is 69.7 Å². The van der Waals surface area contributed by atoms with Gasteiger partial charge in [-0.3, -0.25) is 14.4 Å². The molecule has 2 saturated heterocycles. The van der Waals surface area contributed by atoms with Crippen LogP contribution in [-0.2, 0) is 9.59 Å². The molecule has 0 saturated carbocycles. The van der Waals surface area contributed by atoms with Gasteiger partial charge in [0, 0.05) is 23.4 Å². The lowest BCUT2D eigenvalue weighted by Crippen LogP contribution is -2.57. The molecule has 1 aromatic rings. The number of rotatable bonds is 3. The second-order valence-corrected chi connectivity index (χ2v) is 10.1. The smallest absolute Gasteiger partial charge is 0.256 e. The number of hydrogen-bond donors (Lipinski definition) is 1. The maximum atomic E-state index is 13.2. The number of fused-ring (bicyclic) bond motifs is 3. The number of benzene rings is 1. The number of hydrogen-bond acceptors (Lipinski definition) is 4. The Bertz CT molecular complexity index is 819. The lowest BCUT2D eigenvalue weighted by molar-refractivity contribution is -0.138. The Labute approximate surface area is 170 Å². The van der Waals surface area contributed by atoms with E-state index < -0.39 is 16.8 Å². The summed E-state index contributed by atoms with van der Waals surface area (Å²) in [6, 6.07) is 6.36. The summed E-state index contributed by atoms with van der Waals surface area (Å²) in [7, 11) is 0. The van der Waals surface area contributed by atoms with E-state index in [0.717, 1.165) is 37.9 Å². The highest BCUT2D eigenvalue weighted by Crippen LogP contribution is 2.56. The molecule has 0 unspecified atom stereocenters. The van der Waals surface area contributed by atoms with Crippen LogP contribution in [-0.4, -0.2) is 57.4 Å². The highest BCUT2D eigenvalue weighted by molar-refractivity contribution is 8.01. The molecule has 3 atom stereocenters. The molecule has 0 spiro atoms. The quantitative estimate of drug-likeness (QED) is 0.845. The van der Waals surface area contributed by atoms with Crippen molar-refractivity contribution in [3.05, 3.63) is 35.4 Å². The fraction of sp³-hybridized carbons (Fsp3) is 0.571. The molecular weight excluding hydrogens is 374 g/mol. The van der Waals surface area contributed by atoms with Crippen molar-refractivity contribution in [2.75, 3.05) is 13.1 Å². The first kappa shape index (κ1) is 19.3. The van der Waals surface area contributed by atoms with Crippen molar-refractivity contribution in [1.82, 2.24) is 15.1 Å². The first-order chi connectivity index (χ1) is 13.3. The average Bonchev–Trinajstić information content (AvgIpc) is 3.11. The summed E-state index contributed by atoms with van der Waals surface area (Å²) in [5.74, 6) is -0.392. The molecule has 28 heavy (non-hydrogen) atoms. The minimum absolute atomic E-state index is 0.0379. The monoisotopic (exact) mass is 401 g/mol. The molecule has 0 bridgehead atoms. The fourth-order valence-electron chi connectivity index (χ4n) is 4.55. The zero-order valence-electron chi connectivity index (χ0n) is 16.6. The average molecular weight is 402 g/mol. The molecule has 0 aliphatic carbocycles. The lowest BCUT2D eigenvalue weighted by Gasteiger charge is -2.32. The Morgan fingerprint density at radius 2 is 1.86 bits per heavy atom. The molecule has 7 heteroatoms. The van der Waals surface area contributed by atoms with E-state index in [2.05, 4.69) is 5.32 Å². The van der Waals surface area contributed by atoms with E-state index in [9.17, 15) is 14.4 Å². The van der Waals surface area contributed by atoms with Crippen molar-refractivity contribution in [3.8, 4) is 0 Å². The summed E-state index contributed by atoms with van der Waals surface area (Å²) < 4.78 is -0.439. The van der Waals surface area contributed by atoms with Crippen LogP contribution in [0.3, 0.4) is 0 Å². The van der Waals surface area contributed by atoms with Gasteiger partial charge in [-0.05, 0) is 51.7 Å². The molecule has 3 amide bonds. The normalized spacial score (nSPS) is 26.6. The van der Waals surface area contributed by atoms with E-state index >= 15 is 0 Å². The molecule has 1 aromatic carbocycles. The predicted molar refractivity (Wildman–Crippen MR) is 109 cm³/mol. The molecule has 4 rings (SSSR count). The minimum Gasteiger partial charge on any atom is -0.343 e. The van der Waals surface area contributed by atoms with Crippen molar-refractivity contribution in [2.45, 2.75) is 62.2 Å². The highest BCUT2D eigenvalue weighted by atomic mass is 32.2. The van der Waals surface area contributed by atoms with Gasteiger partial charge in [-0.25, -0.2) is 0 Å². The molecule has 1 N–H and O–H groups in total. The third-order valence-electron chi connectivity index (χ3n) is 5.94. The van der Waals surface area contributed by atoms with Gasteiger partial charge in [-0.2, -0.15) is 0 Å². The van der Waals surface area contributed by atoms with Gasteiger partial charge in [0.05, 0.1) is 0 Å². The molecular formula is C21H27N3O3S. The maximum absolute atomic E-state index is 13.2. The van der Waals surface area contributed by atoms with Crippen LogP contribution in [0.15, 0.2) is 24.3 Å². The molecule has 0 aromatic heterocycles. The summed E-state index contributed by atoms with van der Waals surface area (Å²) in [6.45, 7) is 7.24. The zero-order valence-corrected chi connectivity index (χ0v) is 17.4. The zero-order chi connectivity index (χ0) is 20.1. The third-order valence-corrected chi connectivity index (χ3v) is 7.48. The second-order valence-electron chi connectivity index (χ2n) is 8.39. The van der Waals surface area contributed by atoms with Crippen LogP contribution in [0.2, 0.25) is 0 Å². The van der Waals surface area contributed by atoms with Gasteiger partial charge in [0.15, 0.2) is 0 Å². The number of piperidine rings is 1. The highest BCUT2D eigenvalue weighted by Gasteiger charge is 2.57. The molecule has 3 aliphatic rings. The summed E-state index contributed by atoms with van der Waals surface area (Å²) in [5.41, 5.74) is 1.64. The van der Waals surface area contributed by atoms with Crippen LogP contribution in [0.1, 0.15) is 61.3 Å². The first-order valence-electron chi connectivity index (χ1n) is 10.00. The van der Waals surface area contributed by atoms with Gasteiger partial charge >= 0.3 is 0 Å². The van der Waals surface area contributed by atoms with E-state index in [1.54, 1.807) is 23.6 Å². The van der Waals surface area contributed by atoms with Crippen molar-refractivity contribution in [3.63, 3.8) is 0 Å². The number of thioether (sulfide) groups is 1. The third kappa shape index (κ3) is 3.09. The van der Waals surface area contributed by atoms with Crippen LogP contribution >= 0.6 is 11.8 Å². The van der Waals surface area contributed by atoms with Crippen molar-refractivity contribution in [1.29, 1.82) is 0 Å². The van der Waals surface area contributed by atoms with Crippen LogP contribution in [0, 0.1) is 0 Å². The van der Waals surface area contributed by atoms with Gasteiger partial charge in [0.25, 0.3) is 5.91 Å². The van der Waals surface area contributed by atoms with Gasteiger partial charge in [-0.1, -0.05) is 18.2 Å². The number of nitrogens with one attached hydrogen (secondary N) is 1. The summed E-state index contributed by atoms with van der Waals surface area (Å²) in [6.07, 6.45) is 3.18. The largest absolute Gasteiger partial charge is 0.343 e. The predicted octanol–water partition coefficient (Wildman–Crippen LogP) is 2.55. The van der Waals surface area contributed by atoms with E-state index in [1.165, 1.54) is 0 Å². The van der Waals surface area contributed by atoms with Gasteiger partial charge < -0.3 is 15.1 Å². The molecule has 150 valence electrons. The first-order valence-corrected chi connectivity index (χ1v) is 10.9. The Hall–Kier alpha value is -2.02. The van der Waals surface area contributed by atoms with Crippen molar-refractivity contribution in [2.24, 2.45) is 0 Å². The molecule has 2 fully saturated rings. The number of likely N-dealkylation sites (tertiary alicyclic amines) is 1. The van der Waals surface area contributed by atoms with Gasteiger partial charge in [0.1, 0.15) is 17.5 Å². The Morgan fingerprint density at radius 1 is 1.18 bits per heavy atom. The van der Waals surface area contributed by atoms with Crippen LogP contribution in [0.4, 0.5) is 0 Å².